The van der Waals surface area contributed by atoms with Gasteiger partial charge in [0.2, 0.25) is 5.91 Å². The molecule has 3 rings (SSSR count). The topological polar surface area (TPSA) is 89.5 Å². The van der Waals surface area contributed by atoms with Crippen LogP contribution in [0.25, 0.3) is 0 Å². The Kier molecular flexibility index (Phi) is 4.27. The second-order valence-corrected chi connectivity index (χ2v) is 8.66. The fourth-order valence-electron chi connectivity index (χ4n) is 3.39. The quantitative estimate of drug-likeness (QED) is 0.783. The predicted octanol–water partition coefficient (Wildman–Crippen LogP) is 0.671. The first kappa shape index (κ1) is 16.2. The molecule has 1 atom stereocenters. The molecule has 2 aliphatic heterocycles. The Labute approximate surface area is 136 Å². The second kappa shape index (κ2) is 6.07. The van der Waals surface area contributed by atoms with Crippen LogP contribution in [0.1, 0.15) is 26.2 Å². The smallest absolute Gasteiger partial charge is 0.316 e. The van der Waals surface area contributed by atoms with Crippen LogP contribution in [0.4, 0.5) is 0 Å². The Hall–Kier alpha value is -1.70. The zero-order valence-corrected chi connectivity index (χ0v) is 14.0. The minimum absolute atomic E-state index is 0.0336. The summed E-state index contributed by atoms with van der Waals surface area (Å²) < 4.78 is 29.7. The normalized spacial score (nSPS) is 24.4. The first-order chi connectivity index (χ1) is 11.0. The van der Waals surface area contributed by atoms with Gasteiger partial charge in [-0.2, -0.15) is 0 Å². The van der Waals surface area contributed by atoms with Crippen molar-refractivity contribution in [2.45, 2.75) is 30.9 Å². The van der Waals surface area contributed by atoms with Gasteiger partial charge >= 0.3 is 6.01 Å². The summed E-state index contributed by atoms with van der Waals surface area (Å²) in [5.41, 5.74) is 0. The third kappa shape index (κ3) is 2.80. The highest BCUT2D eigenvalue weighted by Gasteiger charge is 2.62. The van der Waals surface area contributed by atoms with Gasteiger partial charge in [-0.3, -0.25) is 4.79 Å². The zero-order valence-electron chi connectivity index (χ0n) is 13.1. The maximum atomic E-state index is 12.5. The lowest BCUT2D eigenvalue weighted by atomic mass is 9.83. The second-order valence-electron chi connectivity index (χ2n) is 6.21. The summed E-state index contributed by atoms with van der Waals surface area (Å²) in [7, 11) is -3.20. The Bertz CT molecular complexity index is 671. The number of aromatic nitrogens is 2. The van der Waals surface area contributed by atoms with E-state index in [1.165, 1.54) is 0 Å². The average molecular weight is 339 g/mol. The van der Waals surface area contributed by atoms with Crippen molar-refractivity contribution in [2.24, 2.45) is 5.92 Å². The molecule has 3 heterocycles. The molecule has 1 spiro atoms. The Balaban J connectivity index is 1.68. The molecule has 1 aromatic heterocycles. The number of hydrogen-bond donors (Lipinski definition) is 0. The van der Waals surface area contributed by atoms with Gasteiger partial charge in [0.1, 0.15) is 4.75 Å². The highest BCUT2D eigenvalue weighted by atomic mass is 32.2. The Morgan fingerprint density at radius 3 is 2.74 bits per heavy atom. The monoisotopic (exact) mass is 339 g/mol. The fraction of sp³-hybridized carbons (Fsp3) is 0.667. The summed E-state index contributed by atoms with van der Waals surface area (Å²) in [6.45, 7) is 2.78. The Morgan fingerprint density at radius 2 is 2.09 bits per heavy atom. The van der Waals surface area contributed by atoms with Crippen LogP contribution in [0.2, 0.25) is 0 Å². The summed E-state index contributed by atoms with van der Waals surface area (Å²) >= 11 is 0. The summed E-state index contributed by atoms with van der Waals surface area (Å²) in [6, 6.07) is 1.95. The minimum Gasteiger partial charge on any atom is -0.463 e. The largest absolute Gasteiger partial charge is 0.463 e. The van der Waals surface area contributed by atoms with Crippen LogP contribution < -0.4 is 4.74 Å². The van der Waals surface area contributed by atoms with Crippen molar-refractivity contribution in [3.63, 3.8) is 0 Å². The van der Waals surface area contributed by atoms with Gasteiger partial charge in [-0.25, -0.2) is 18.4 Å². The van der Waals surface area contributed by atoms with Crippen molar-refractivity contribution < 1.29 is 17.9 Å². The van der Waals surface area contributed by atoms with Crippen molar-refractivity contribution in [3.8, 4) is 6.01 Å². The van der Waals surface area contributed by atoms with Crippen molar-refractivity contribution in [2.75, 3.05) is 25.4 Å². The number of hydrogen-bond acceptors (Lipinski definition) is 6. The first-order valence-electron chi connectivity index (χ1n) is 7.88. The lowest BCUT2D eigenvalue weighted by molar-refractivity contribution is -0.137. The highest BCUT2D eigenvalue weighted by Crippen LogP contribution is 2.45. The number of carbonyl (C=O) groups excluding carboxylic acids is 1. The lowest BCUT2D eigenvalue weighted by Gasteiger charge is -2.49. The molecule has 7 nitrogen and oxygen atoms in total. The number of rotatable bonds is 5. The molecule has 126 valence electrons. The molecule has 0 saturated carbocycles. The Morgan fingerprint density at radius 1 is 1.39 bits per heavy atom. The number of carbonyl (C=O) groups is 1. The van der Waals surface area contributed by atoms with Gasteiger partial charge in [0.25, 0.3) is 0 Å². The number of likely N-dealkylation sites (tertiary alicyclic amines) is 1. The average Bonchev–Trinajstić information content (AvgIpc) is 2.75. The summed E-state index contributed by atoms with van der Waals surface area (Å²) in [5.74, 6) is 0.0696. The zero-order chi connectivity index (χ0) is 16.5. The molecule has 23 heavy (non-hydrogen) atoms. The summed E-state index contributed by atoms with van der Waals surface area (Å²) in [4.78, 5) is 21.6. The third-order valence-corrected chi connectivity index (χ3v) is 7.39. The standard InChI is InChI=1S/C15H21N3O4S/c1-2-4-13(19)18-10-15(11-18)12(5-8-23(15,20)21)9-22-14-16-6-3-7-17-14/h3,6-7,12H,2,4-5,8-11H2,1H3. The summed E-state index contributed by atoms with van der Waals surface area (Å²) in [5, 5.41) is 0. The van der Waals surface area contributed by atoms with E-state index >= 15 is 0 Å². The molecular weight excluding hydrogens is 318 g/mol. The molecule has 0 N–H and O–H groups in total. The molecule has 1 unspecified atom stereocenters. The van der Waals surface area contributed by atoms with Crippen LogP contribution in [0.15, 0.2) is 18.5 Å². The van der Waals surface area contributed by atoms with Crippen LogP contribution >= 0.6 is 0 Å². The molecule has 0 radical (unpaired) electrons. The van der Waals surface area contributed by atoms with E-state index in [0.717, 1.165) is 6.42 Å². The van der Waals surface area contributed by atoms with Gasteiger partial charge < -0.3 is 9.64 Å². The fourth-order valence-corrected chi connectivity index (χ4v) is 5.79. The number of ether oxygens (including phenoxy) is 1. The molecule has 0 aromatic carbocycles. The maximum absolute atomic E-state index is 12.5. The van der Waals surface area contributed by atoms with Gasteiger partial charge in [-0.1, -0.05) is 6.92 Å². The molecule has 8 heteroatoms. The van der Waals surface area contributed by atoms with E-state index in [1.807, 2.05) is 6.92 Å². The van der Waals surface area contributed by atoms with Crippen molar-refractivity contribution >= 4 is 15.7 Å². The highest BCUT2D eigenvalue weighted by molar-refractivity contribution is 7.93. The molecule has 0 aliphatic carbocycles. The number of nitrogens with zero attached hydrogens (tertiary/aromatic N) is 3. The number of amides is 1. The molecule has 2 fully saturated rings. The van der Waals surface area contributed by atoms with Gasteiger partial charge in [0, 0.05) is 37.8 Å². The van der Waals surface area contributed by atoms with Crippen molar-refractivity contribution in [1.29, 1.82) is 0 Å². The van der Waals surface area contributed by atoms with Crippen LogP contribution in [0.3, 0.4) is 0 Å². The molecule has 0 bridgehead atoms. The molecular formula is C15H21N3O4S. The van der Waals surface area contributed by atoms with E-state index in [2.05, 4.69) is 9.97 Å². The maximum Gasteiger partial charge on any atom is 0.316 e. The minimum atomic E-state index is -3.20. The van der Waals surface area contributed by atoms with E-state index in [4.69, 9.17) is 4.74 Å². The van der Waals surface area contributed by atoms with E-state index in [9.17, 15) is 13.2 Å². The van der Waals surface area contributed by atoms with Crippen LogP contribution in [0.5, 0.6) is 6.01 Å². The van der Waals surface area contributed by atoms with Crippen molar-refractivity contribution in [1.82, 2.24) is 14.9 Å². The molecule has 2 aliphatic rings. The van der Waals surface area contributed by atoms with E-state index in [-0.39, 0.29) is 43.3 Å². The molecule has 1 amide bonds. The third-order valence-electron chi connectivity index (χ3n) is 4.79. The van der Waals surface area contributed by atoms with E-state index in [0.29, 0.717) is 12.8 Å². The van der Waals surface area contributed by atoms with Crippen LogP contribution in [-0.4, -0.2) is 59.4 Å². The molecule has 1 aromatic rings. The van der Waals surface area contributed by atoms with E-state index < -0.39 is 14.6 Å². The SMILES string of the molecule is CCCC(=O)N1CC2(C1)C(COc1ncccn1)CCS2(=O)=O. The van der Waals surface area contributed by atoms with Gasteiger partial charge in [-0.15, -0.1) is 0 Å². The van der Waals surface area contributed by atoms with Gasteiger partial charge in [0.05, 0.1) is 12.4 Å². The predicted molar refractivity (Wildman–Crippen MR) is 83.6 cm³/mol. The first-order valence-corrected chi connectivity index (χ1v) is 9.53. The molecule has 2 saturated heterocycles. The number of sulfone groups is 1. The van der Waals surface area contributed by atoms with Crippen molar-refractivity contribution in [3.05, 3.63) is 18.5 Å². The van der Waals surface area contributed by atoms with E-state index in [1.54, 1.807) is 23.4 Å². The van der Waals surface area contributed by atoms with Gasteiger partial charge in [0.15, 0.2) is 9.84 Å². The van der Waals surface area contributed by atoms with Crippen LogP contribution in [0, 0.1) is 5.92 Å². The van der Waals surface area contributed by atoms with Gasteiger partial charge in [-0.05, 0) is 18.9 Å². The summed E-state index contributed by atoms with van der Waals surface area (Å²) in [6.07, 6.45) is 4.96. The lowest BCUT2D eigenvalue weighted by Crippen LogP contribution is -2.68. The van der Waals surface area contributed by atoms with Crippen LogP contribution in [-0.2, 0) is 14.6 Å².